The third-order valence-electron chi connectivity index (χ3n) is 2.72. The summed E-state index contributed by atoms with van der Waals surface area (Å²) in [6.07, 6.45) is 0.976. The highest BCUT2D eigenvalue weighted by molar-refractivity contribution is 9.10. The SMILES string of the molecule is COC(C)(C)CCNc1ccc(C)cc1Br. The van der Waals surface area contributed by atoms with Crippen LogP contribution in [-0.2, 0) is 4.74 Å². The van der Waals surface area contributed by atoms with Crippen LogP contribution in [0.15, 0.2) is 22.7 Å². The molecule has 3 heteroatoms. The van der Waals surface area contributed by atoms with Crippen molar-refractivity contribution in [1.82, 2.24) is 0 Å². The van der Waals surface area contributed by atoms with Gasteiger partial charge in [0.25, 0.3) is 0 Å². The molecule has 2 nitrogen and oxygen atoms in total. The Kier molecular flexibility index (Phi) is 4.81. The van der Waals surface area contributed by atoms with E-state index >= 15 is 0 Å². The van der Waals surface area contributed by atoms with E-state index in [4.69, 9.17) is 4.74 Å². The molecule has 0 radical (unpaired) electrons. The molecule has 0 atom stereocenters. The molecular weight excluding hydrogens is 266 g/mol. The van der Waals surface area contributed by atoms with Crippen LogP contribution in [0, 0.1) is 6.92 Å². The van der Waals surface area contributed by atoms with Crippen LogP contribution in [0.3, 0.4) is 0 Å². The van der Waals surface area contributed by atoms with Crippen LogP contribution in [0.25, 0.3) is 0 Å². The number of benzene rings is 1. The van der Waals surface area contributed by atoms with Crippen LogP contribution in [0.4, 0.5) is 5.69 Å². The summed E-state index contributed by atoms with van der Waals surface area (Å²) in [5.41, 5.74) is 2.33. The van der Waals surface area contributed by atoms with Crippen molar-refractivity contribution in [2.45, 2.75) is 32.8 Å². The monoisotopic (exact) mass is 285 g/mol. The van der Waals surface area contributed by atoms with E-state index in [0.717, 1.165) is 23.1 Å². The minimum Gasteiger partial charge on any atom is -0.384 e. The molecule has 0 spiro atoms. The molecule has 0 saturated heterocycles. The van der Waals surface area contributed by atoms with Gasteiger partial charge in [0.1, 0.15) is 0 Å². The van der Waals surface area contributed by atoms with Gasteiger partial charge in [-0.1, -0.05) is 6.07 Å². The van der Waals surface area contributed by atoms with Gasteiger partial charge in [-0.25, -0.2) is 0 Å². The lowest BCUT2D eigenvalue weighted by molar-refractivity contribution is 0.0185. The summed E-state index contributed by atoms with van der Waals surface area (Å²) in [4.78, 5) is 0. The Morgan fingerprint density at radius 3 is 2.62 bits per heavy atom. The predicted octanol–water partition coefficient (Wildman–Crippen LogP) is 3.98. The van der Waals surface area contributed by atoms with Gasteiger partial charge in [-0.2, -0.15) is 0 Å². The molecule has 1 aromatic rings. The highest BCUT2D eigenvalue weighted by Gasteiger charge is 2.15. The molecule has 0 unspecified atom stereocenters. The molecule has 0 aromatic heterocycles. The van der Waals surface area contributed by atoms with Gasteiger partial charge in [0.05, 0.1) is 5.60 Å². The van der Waals surface area contributed by atoms with Crippen LogP contribution >= 0.6 is 15.9 Å². The summed E-state index contributed by atoms with van der Waals surface area (Å²) < 4.78 is 6.49. The first-order valence-corrected chi connectivity index (χ1v) is 6.29. The van der Waals surface area contributed by atoms with Crippen molar-refractivity contribution in [2.24, 2.45) is 0 Å². The molecule has 1 rings (SSSR count). The zero-order valence-corrected chi connectivity index (χ0v) is 12.0. The van der Waals surface area contributed by atoms with Gasteiger partial charge >= 0.3 is 0 Å². The Morgan fingerprint density at radius 1 is 1.38 bits per heavy atom. The highest BCUT2D eigenvalue weighted by atomic mass is 79.9. The van der Waals surface area contributed by atoms with E-state index < -0.39 is 0 Å². The second-order valence-electron chi connectivity index (χ2n) is 4.62. The van der Waals surface area contributed by atoms with Gasteiger partial charge in [-0.15, -0.1) is 0 Å². The van der Waals surface area contributed by atoms with Crippen molar-refractivity contribution in [3.8, 4) is 0 Å². The van der Waals surface area contributed by atoms with Crippen molar-refractivity contribution in [1.29, 1.82) is 0 Å². The van der Waals surface area contributed by atoms with Gasteiger partial charge in [0, 0.05) is 23.8 Å². The number of nitrogens with one attached hydrogen (secondary N) is 1. The molecule has 0 heterocycles. The summed E-state index contributed by atoms with van der Waals surface area (Å²) in [5, 5.41) is 3.40. The maximum Gasteiger partial charge on any atom is 0.0639 e. The average Bonchev–Trinajstić information content (AvgIpc) is 2.21. The number of anilines is 1. The first-order chi connectivity index (χ1) is 7.44. The second kappa shape index (κ2) is 5.69. The lowest BCUT2D eigenvalue weighted by Gasteiger charge is -2.23. The molecule has 0 bridgehead atoms. The molecule has 0 aliphatic carbocycles. The topological polar surface area (TPSA) is 21.3 Å². The largest absolute Gasteiger partial charge is 0.384 e. The summed E-state index contributed by atoms with van der Waals surface area (Å²) in [7, 11) is 1.75. The summed E-state index contributed by atoms with van der Waals surface area (Å²) in [6, 6.07) is 6.32. The number of aryl methyl sites for hydroxylation is 1. The quantitative estimate of drug-likeness (QED) is 0.883. The Labute approximate surface area is 107 Å². The normalized spacial score (nSPS) is 11.6. The standard InChI is InChI=1S/C13H20BrNO/c1-10-5-6-12(11(14)9-10)15-8-7-13(2,3)16-4/h5-6,9,15H,7-8H2,1-4H3. The molecule has 0 saturated carbocycles. The predicted molar refractivity (Wildman–Crippen MR) is 73.1 cm³/mol. The van der Waals surface area contributed by atoms with Crippen LogP contribution in [0.2, 0.25) is 0 Å². The molecule has 16 heavy (non-hydrogen) atoms. The van der Waals surface area contributed by atoms with Crippen molar-refractivity contribution < 1.29 is 4.74 Å². The van der Waals surface area contributed by atoms with Crippen molar-refractivity contribution in [3.05, 3.63) is 28.2 Å². The number of hydrogen-bond acceptors (Lipinski definition) is 2. The van der Waals surface area contributed by atoms with Gasteiger partial charge in [-0.05, 0) is 60.8 Å². The minimum absolute atomic E-state index is 0.0653. The summed E-state index contributed by atoms with van der Waals surface area (Å²) in [6.45, 7) is 7.18. The minimum atomic E-state index is -0.0653. The van der Waals surface area contributed by atoms with Crippen molar-refractivity contribution in [3.63, 3.8) is 0 Å². The molecule has 1 aromatic carbocycles. The van der Waals surface area contributed by atoms with Crippen molar-refractivity contribution >= 4 is 21.6 Å². The lowest BCUT2D eigenvalue weighted by atomic mass is 10.1. The smallest absolute Gasteiger partial charge is 0.0639 e. The van der Waals surface area contributed by atoms with Crippen LogP contribution in [-0.4, -0.2) is 19.3 Å². The second-order valence-corrected chi connectivity index (χ2v) is 5.48. The van der Waals surface area contributed by atoms with Gasteiger partial charge in [-0.3, -0.25) is 0 Å². The van der Waals surface area contributed by atoms with Crippen LogP contribution in [0.5, 0.6) is 0 Å². The molecule has 0 aliphatic rings. The van der Waals surface area contributed by atoms with E-state index in [2.05, 4.69) is 60.2 Å². The Hall–Kier alpha value is -0.540. The number of ether oxygens (including phenoxy) is 1. The number of methoxy groups -OCH3 is 1. The van der Waals surface area contributed by atoms with Crippen molar-refractivity contribution in [2.75, 3.05) is 19.0 Å². The van der Waals surface area contributed by atoms with Crippen LogP contribution < -0.4 is 5.32 Å². The summed E-state index contributed by atoms with van der Waals surface area (Å²) >= 11 is 3.55. The first kappa shape index (κ1) is 13.5. The first-order valence-electron chi connectivity index (χ1n) is 5.50. The van der Waals surface area contributed by atoms with Gasteiger partial charge in [0.2, 0.25) is 0 Å². The maximum atomic E-state index is 5.37. The van der Waals surface area contributed by atoms with E-state index in [1.807, 2.05) is 0 Å². The molecule has 0 aliphatic heterocycles. The van der Waals surface area contributed by atoms with Gasteiger partial charge in [0.15, 0.2) is 0 Å². The number of rotatable bonds is 5. The molecule has 0 amide bonds. The Balaban J connectivity index is 2.49. The highest BCUT2D eigenvalue weighted by Crippen LogP contribution is 2.23. The lowest BCUT2D eigenvalue weighted by Crippen LogP contribution is -2.25. The van der Waals surface area contributed by atoms with E-state index in [-0.39, 0.29) is 5.60 Å². The van der Waals surface area contributed by atoms with E-state index in [9.17, 15) is 0 Å². The average molecular weight is 286 g/mol. The van der Waals surface area contributed by atoms with Crippen LogP contribution in [0.1, 0.15) is 25.8 Å². The third kappa shape index (κ3) is 4.14. The fourth-order valence-electron chi connectivity index (χ4n) is 1.36. The molecule has 90 valence electrons. The maximum absolute atomic E-state index is 5.37. The molecular formula is C13H20BrNO. The number of halogens is 1. The fraction of sp³-hybridized carbons (Fsp3) is 0.538. The van der Waals surface area contributed by atoms with Gasteiger partial charge < -0.3 is 10.1 Å². The zero-order valence-electron chi connectivity index (χ0n) is 10.4. The van der Waals surface area contributed by atoms with E-state index in [0.29, 0.717) is 0 Å². The molecule has 1 N–H and O–H groups in total. The third-order valence-corrected chi connectivity index (χ3v) is 3.38. The summed E-state index contributed by atoms with van der Waals surface area (Å²) in [5.74, 6) is 0. The Morgan fingerprint density at radius 2 is 2.06 bits per heavy atom. The van der Waals surface area contributed by atoms with E-state index in [1.54, 1.807) is 7.11 Å². The molecule has 0 fully saturated rings. The zero-order chi connectivity index (χ0) is 12.2. The fourth-order valence-corrected chi connectivity index (χ4v) is 2.00. The number of hydrogen-bond donors (Lipinski definition) is 1. The van der Waals surface area contributed by atoms with E-state index in [1.165, 1.54) is 5.56 Å². The Bertz CT molecular complexity index is 350.